The van der Waals surface area contributed by atoms with Crippen LogP contribution in [0.5, 0.6) is 17.2 Å². The number of amides is 2. The average molecular weight is 346 g/mol. The molecule has 0 radical (unpaired) electrons. The quantitative estimate of drug-likeness (QED) is 0.866. The van der Waals surface area contributed by atoms with Gasteiger partial charge in [0, 0.05) is 32.0 Å². The molecule has 1 saturated heterocycles. The third-order valence-corrected chi connectivity index (χ3v) is 5.10. The molecule has 0 spiro atoms. The van der Waals surface area contributed by atoms with E-state index in [9.17, 15) is 9.59 Å². The van der Waals surface area contributed by atoms with Crippen molar-refractivity contribution in [2.24, 2.45) is 11.8 Å². The zero-order valence-corrected chi connectivity index (χ0v) is 14.2. The zero-order chi connectivity index (χ0) is 17.4. The van der Waals surface area contributed by atoms with Gasteiger partial charge in [0.2, 0.25) is 12.7 Å². The summed E-state index contributed by atoms with van der Waals surface area (Å²) in [5.41, 5.74) is 0. The van der Waals surface area contributed by atoms with Gasteiger partial charge in [-0.05, 0) is 30.9 Å². The minimum absolute atomic E-state index is 0.0178. The molecule has 134 valence electrons. The van der Waals surface area contributed by atoms with Gasteiger partial charge in [-0.25, -0.2) is 0 Å². The first kappa shape index (κ1) is 16.1. The molecule has 7 heteroatoms. The summed E-state index contributed by atoms with van der Waals surface area (Å²) in [5, 5.41) is 3.04. The first-order valence-electron chi connectivity index (χ1n) is 8.67. The minimum atomic E-state index is -0.168. The zero-order valence-electron chi connectivity index (χ0n) is 14.2. The number of fused-ring (bicyclic) bond motifs is 1. The Morgan fingerprint density at radius 1 is 1.24 bits per heavy atom. The summed E-state index contributed by atoms with van der Waals surface area (Å²) in [6, 6.07) is 5.25. The van der Waals surface area contributed by atoms with Crippen molar-refractivity contribution < 1.29 is 23.8 Å². The topological polar surface area (TPSA) is 77.1 Å². The smallest absolute Gasteiger partial charge is 0.258 e. The van der Waals surface area contributed by atoms with E-state index in [0.29, 0.717) is 35.6 Å². The largest absolute Gasteiger partial charge is 0.484 e. The fourth-order valence-electron chi connectivity index (χ4n) is 3.60. The number of hydrogen-bond donors (Lipinski definition) is 1. The number of benzene rings is 1. The normalized spacial score (nSPS) is 24.3. The molecule has 4 rings (SSSR count). The summed E-state index contributed by atoms with van der Waals surface area (Å²) in [7, 11) is 0. The fourth-order valence-corrected chi connectivity index (χ4v) is 3.60. The van der Waals surface area contributed by atoms with Crippen molar-refractivity contribution in [3.63, 3.8) is 0 Å². The second-order valence-corrected chi connectivity index (χ2v) is 6.90. The molecule has 2 aliphatic heterocycles. The Bertz CT molecular complexity index is 688. The van der Waals surface area contributed by atoms with Gasteiger partial charge in [-0.3, -0.25) is 9.59 Å². The lowest BCUT2D eigenvalue weighted by Crippen LogP contribution is -2.43. The lowest BCUT2D eigenvalue weighted by atomic mass is 9.98. The third-order valence-electron chi connectivity index (χ3n) is 5.10. The molecule has 1 aromatic rings. The highest BCUT2D eigenvalue weighted by atomic mass is 16.7. The number of carbonyl (C=O) groups is 2. The number of carbonyl (C=O) groups excluding carboxylic acids is 2. The number of ether oxygens (including phenoxy) is 3. The second-order valence-electron chi connectivity index (χ2n) is 6.90. The Morgan fingerprint density at radius 2 is 2.04 bits per heavy atom. The fraction of sp³-hybridized carbons (Fsp3) is 0.556. The van der Waals surface area contributed by atoms with Crippen LogP contribution in [0.3, 0.4) is 0 Å². The average Bonchev–Trinajstić information content (AvgIpc) is 3.17. The molecule has 2 amide bonds. The molecular weight excluding hydrogens is 324 g/mol. The number of hydrogen-bond acceptors (Lipinski definition) is 5. The molecule has 0 aromatic heterocycles. The van der Waals surface area contributed by atoms with Gasteiger partial charge in [-0.1, -0.05) is 0 Å². The van der Waals surface area contributed by atoms with Crippen LogP contribution in [-0.4, -0.2) is 49.2 Å². The van der Waals surface area contributed by atoms with Gasteiger partial charge in [-0.2, -0.15) is 0 Å². The van der Waals surface area contributed by atoms with Crippen molar-refractivity contribution in [3.05, 3.63) is 18.2 Å². The molecule has 7 nitrogen and oxygen atoms in total. The highest BCUT2D eigenvalue weighted by molar-refractivity contribution is 5.78. The van der Waals surface area contributed by atoms with Gasteiger partial charge >= 0.3 is 0 Å². The van der Waals surface area contributed by atoms with Crippen LogP contribution >= 0.6 is 0 Å². The number of rotatable bonds is 5. The lowest BCUT2D eigenvalue weighted by Gasteiger charge is -2.19. The Balaban J connectivity index is 1.31. The molecule has 3 aliphatic rings. The predicted molar refractivity (Wildman–Crippen MR) is 88.5 cm³/mol. The van der Waals surface area contributed by atoms with E-state index in [-0.39, 0.29) is 31.3 Å². The third kappa shape index (κ3) is 3.50. The molecule has 1 aliphatic carbocycles. The summed E-state index contributed by atoms with van der Waals surface area (Å²) < 4.78 is 16.1. The van der Waals surface area contributed by atoms with E-state index in [1.54, 1.807) is 25.1 Å². The van der Waals surface area contributed by atoms with E-state index >= 15 is 0 Å². The Labute approximate surface area is 146 Å². The van der Waals surface area contributed by atoms with Gasteiger partial charge in [0.15, 0.2) is 18.1 Å². The van der Waals surface area contributed by atoms with Crippen molar-refractivity contribution in [1.29, 1.82) is 0 Å². The van der Waals surface area contributed by atoms with Crippen LogP contribution in [0.2, 0.25) is 0 Å². The number of nitrogens with zero attached hydrogens (tertiary/aromatic N) is 1. The molecule has 1 saturated carbocycles. The van der Waals surface area contributed by atoms with Crippen LogP contribution in [0.1, 0.15) is 19.8 Å². The van der Waals surface area contributed by atoms with Crippen LogP contribution in [0.4, 0.5) is 0 Å². The molecule has 0 bridgehead atoms. The molecular formula is C18H22N2O5. The number of likely N-dealkylation sites (tertiary alicyclic amines) is 1. The van der Waals surface area contributed by atoms with Crippen molar-refractivity contribution in [2.45, 2.75) is 25.8 Å². The predicted octanol–water partition coefficient (Wildman–Crippen LogP) is 1.17. The standard InChI is InChI=1S/C18H22N2O5/c1-11(21)20-7-14(12-2-3-12)15(8-20)19-18(22)9-23-13-4-5-16-17(6-13)25-10-24-16/h4-6,12,14-15H,2-3,7-10H2,1H3,(H,19,22)/t14-,15+/m0/s1. The van der Waals surface area contributed by atoms with Crippen molar-refractivity contribution in [1.82, 2.24) is 10.2 Å². The molecule has 1 N–H and O–H groups in total. The summed E-state index contributed by atoms with van der Waals surface area (Å²) in [4.78, 5) is 25.7. The summed E-state index contributed by atoms with van der Waals surface area (Å²) >= 11 is 0. The maximum absolute atomic E-state index is 12.3. The second kappa shape index (κ2) is 6.46. The molecule has 25 heavy (non-hydrogen) atoms. The van der Waals surface area contributed by atoms with Gasteiger partial charge < -0.3 is 24.4 Å². The number of nitrogens with one attached hydrogen (secondary N) is 1. The first-order valence-corrected chi connectivity index (χ1v) is 8.67. The van der Waals surface area contributed by atoms with Crippen LogP contribution in [0.15, 0.2) is 18.2 Å². The van der Waals surface area contributed by atoms with E-state index in [4.69, 9.17) is 14.2 Å². The summed E-state index contributed by atoms with van der Waals surface area (Å²) in [5.74, 6) is 2.76. The summed E-state index contributed by atoms with van der Waals surface area (Å²) in [6.45, 7) is 3.06. The van der Waals surface area contributed by atoms with E-state index in [1.807, 2.05) is 4.90 Å². The van der Waals surface area contributed by atoms with Crippen LogP contribution < -0.4 is 19.5 Å². The van der Waals surface area contributed by atoms with E-state index in [0.717, 1.165) is 6.54 Å². The van der Waals surface area contributed by atoms with E-state index in [1.165, 1.54) is 12.8 Å². The van der Waals surface area contributed by atoms with Crippen molar-refractivity contribution in [3.8, 4) is 17.2 Å². The van der Waals surface area contributed by atoms with Gasteiger partial charge in [0.1, 0.15) is 5.75 Å². The molecule has 0 unspecified atom stereocenters. The van der Waals surface area contributed by atoms with Crippen LogP contribution in [-0.2, 0) is 9.59 Å². The van der Waals surface area contributed by atoms with Crippen LogP contribution in [0, 0.1) is 11.8 Å². The Morgan fingerprint density at radius 3 is 2.80 bits per heavy atom. The molecule has 2 fully saturated rings. The van der Waals surface area contributed by atoms with Crippen LogP contribution in [0.25, 0.3) is 0 Å². The highest BCUT2D eigenvalue weighted by Crippen LogP contribution is 2.41. The SMILES string of the molecule is CC(=O)N1C[C@@H](NC(=O)COc2ccc3c(c2)OCO3)[C@H](C2CC2)C1. The molecule has 2 heterocycles. The van der Waals surface area contributed by atoms with Gasteiger partial charge in [0.05, 0.1) is 6.04 Å². The minimum Gasteiger partial charge on any atom is -0.484 e. The molecule has 1 aromatic carbocycles. The maximum atomic E-state index is 12.3. The lowest BCUT2D eigenvalue weighted by molar-refractivity contribution is -0.128. The monoisotopic (exact) mass is 346 g/mol. The van der Waals surface area contributed by atoms with Gasteiger partial charge in [0.25, 0.3) is 5.91 Å². The Hall–Kier alpha value is -2.44. The maximum Gasteiger partial charge on any atom is 0.258 e. The first-order chi connectivity index (χ1) is 12.1. The van der Waals surface area contributed by atoms with E-state index < -0.39 is 0 Å². The van der Waals surface area contributed by atoms with E-state index in [2.05, 4.69) is 5.32 Å². The highest BCUT2D eigenvalue weighted by Gasteiger charge is 2.43. The van der Waals surface area contributed by atoms with Crippen molar-refractivity contribution >= 4 is 11.8 Å². The van der Waals surface area contributed by atoms with Gasteiger partial charge in [-0.15, -0.1) is 0 Å². The van der Waals surface area contributed by atoms with Crippen molar-refractivity contribution in [2.75, 3.05) is 26.5 Å². The molecule has 2 atom stereocenters. The summed E-state index contributed by atoms with van der Waals surface area (Å²) in [6.07, 6.45) is 2.38. The Kier molecular flexibility index (Phi) is 4.15.